The maximum absolute atomic E-state index is 12.8. The van der Waals surface area contributed by atoms with Crippen LogP contribution in [0.2, 0.25) is 0 Å². The number of benzene rings is 2. The highest BCUT2D eigenvalue weighted by Gasteiger charge is 2.23. The van der Waals surface area contributed by atoms with Crippen LogP contribution in [-0.4, -0.2) is 26.5 Å². The average Bonchev–Trinajstić information content (AvgIpc) is 3.08. The van der Waals surface area contributed by atoms with Gasteiger partial charge in [-0.2, -0.15) is 0 Å². The molecule has 24 heavy (non-hydrogen) atoms. The summed E-state index contributed by atoms with van der Waals surface area (Å²) in [7, 11) is -3.52. The summed E-state index contributed by atoms with van der Waals surface area (Å²) >= 11 is 0. The Kier molecular flexibility index (Phi) is 3.90. The molecule has 0 saturated carbocycles. The van der Waals surface area contributed by atoms with Crippen LogP contribution in [0.25, 0.3) is 10.9 Å². The predicted octanol–water partition coefficient (Wildman–Crippen LogP) is 3.47. The molecule has 2 heterocycles. The van der Waals surface area contributed by atoms with Crippen molar-refractivity contribution in [2.75, 3.05) is 13.1 Å². The second-order valence-corrected chi connectivity index (χ2v) is 8.20. The minimum atomic E-state index is -3.52. The van der Waals surface area contributed by atoms with Gasteiger partial charge >= 0.3 is 0 Å². The van der Waals surface area contributed by atoms with Gasteiger partial charge in [0.2, 0.25) is 9.84 Å². The van der Waals surface area contributed by atoms with Gasteiger partial charge in [0.1, 0.15) is 5.03 Å². The van der Waals surface area contributed by atoms with E-state index in [0.29, 0.717) is 10.8 Å². The van der Waals surface area contributed by atoms with Crippen molar-refractivity contribution in [3.05, 3.63) is 60.2 Å². The fourth-order valence-corrected chi connectivity index (χ4v) is 4.80. The number of rotatable bonds is 3. The molecule has 2 N–H and O–H groups in total. The Labute approximate surface area is 141 Å². The zero-order valence-electron chi connectivity index (χ0n) is 13.3. The lowest BCUT2D eigenvalue weighted by molar-refractivity contribution is 0.462. The van der Waals surface area contributed by atoms with Gasteiger partial charge in [-0.25, -0.2) is 8.42 Å². The Morgan fingerprint density at radius 1 is 0.917 bits per heavy atom. The first-order valence-electron chi connectivity index (χ1n) is 8.29. The standard InChI is InChI=1S/C19H20N2O2S/c22-24(23,15-5-2-1-3-6-15)19-13-17-16(7-4-8-18(17)21-19)14-9-11-20-12-10-14/h1-8,13-14,20-21H,9-12H2. The third-order valence-electron chi connectivity index (χ3n) is 4.80. The van der Waals surface area contributed by atoms with Gasteiger partial charge in [0.15, 0.2) is 0 Å². The average molecular weight is 340 g/mol. The Morgan fingerprint density at radius 3 is 2.42 bits per heavy atom. The molecule has 1 saturated heterocycles. The van der Waals surface area contributed by atoms with E-state index in [-0.39, 0.29) is 5.03 Å². The van der Waals surface area contributed by atoms with Crippen LogP contribution in [0.15, 0.2) is 64.5 Å². The third-order valence-corrected chi connectivity index (χ3v) is 6.49. The molecule has 4 nitrogen and oxygen atoms in total. The maximum atomic E-state index is 12.8. The molecule has 1 fully saturated rings. The van der Waals surface area contributed by atoms with Crippen molar-refractivity contribution < 1.29 is 8.42 Å². The minimum Gasteiger partial charge on any atom is -0.345 e. The lowest BCUT2D eigenvalue weighted by Crippen LogP contribution is -2.26. The number of fused-ring (bicyclic) bond motifs is 1. The van der Waals surface area contributed by atoms with Crippen molar-refractivity contribution in [3.8, 4) is 0 Å². The summed E-state index contributed by atoms with van der Waals surface area (Å²) < 4.78 is 25.7. The SMILES string of the molecule is O=S(=O)(c1ccccc1)c1cc2c(C3CCNCC3)cccc2[nH]1. The lowest BCUT2D eigenvalue weighted by atomic mass is 9.88. The lowest BCUT2D eigenvalue weighted by Gasteiger charge is -2.23. The third kappa shape index (κ3) is 2.64. The highest BCUT2D eigenvalue weighted by molar-refractivity contribution is 7.91. The zero-order chi connectivity index (χ0) is 16.6. The van der Waals surface area contributed by atoms with Crippen LogP contribution >= 0.6 is 0 Å². The monoisotopic (exact) mass is 340 g/mol. The van der Waals surface area contributed by atoms with Gasteiger partial charge in [-0.15, -0.1) is 0 Å². The fraction of sp³-hybridized carbons (Fsp3) is 0.263. The van der Waals surface area contributed by atoms with Gasteiger partial charge in [0.25, 0.3) is 0 Å². The summed E-state index contributed by atoms with van der Waals surface area (Å²) in [5, 5.41) is 4.68. The molecule has 0 atom stereocenters. The summed E-state index contributed by atoms with van der Waals surface area (Å²) in [6.07, 6.45) is 2.18. The molecule has 1 aliphatic heterocycles. The molecular weight excluding hydrogens is 320 g/mol. The summed E-state index contributed by atoms with van der Waals surface area (Å²) in [6, 6.07) is 16.5. The summed E-state index contributed by atoms with van der Waals surface area (Å²) in [6.45, 7) is 2.03. The van der Waals surface area contributed by atoms with Crippen molar-refractivity contribution >= 4 is 20.7 Å². The number of piperidine rings is 1. The van der Waals surface area contributed by atoms with E-state index in [1.54, 1.807) is 30.3 Å². The van der Waals surface area contributed by atoms with Crippen molar-refractivity contribution in [3.63, 3.8) is 0 Å². The molecule has 3 aromatic rings. The van der Waals surface area contributed by atoms with Crippen LogP contribution in [0.1, 0.15) is 24.3 Å². The van der Waals surface area contributed by atoms with Crippen molar-refractivity contribution in [1.82, 2.24) is 10.3 Å². The summed E-state index contributed by atoms with van der Waals surface area (Å²) in [5.74, 6) is 0.484. The molecule has 2 aromatic carbocycles. The first-order valence-corrected chi connectivity index (χ1v) is 9.77. The van der Waals surface area contributed by atoms with E-state index in [9.17, 15) is 8.42 Å². The second kappa shape index (κ2) is 6.07. The number of aromatic amines is 1. The van der Waals surface area contributed by atoms with E-state index in [1.807, 2.05) is 18.2 Å². The normalized spacial score (nSPS) is 16.5. The number of aromatic nitrogens is 1. The zero-order valence-corrected chi connectivity index (χ0v) is 14.1. The Hall–Kier alpha value is -2.11. The quantitative estimate of drug-likeness (QED) is 0.767. The molecule has 124 valence electrons. The van der Waals surface area contributed by atoms with Crippen molar-refractivity contribution in [2.45, 2.75) is 28.7 Å². The number of hydrogen-bond donors (Lipinski definition) is 2. The van der Waals surface area contributed by atoms with Gasteiger partial charge < -0.3 is 10.3 Å². The van der Waals surface area contributed by atoms with E-state index >= 15 is 0 Å². The highest BCUT2D eigenvalue weighted by atomic mass is 32.2. The van der Waals surface area contributed by atoms with Crippen LogP contribution in [0.3, 0.4) is 0 Å². The molecule has 0 bridgehead atoms. The van der Waals surface area contributed by atoms with Crippen LogP contribution in [-0.2, 0) is 9.84 Å². The first kappa shape index (κ1) is 15.4. The number of sulfone groups is 1. The Balaban J connectivity index is 1.81. The molecule has 0 aliphatic carbocycles. The van der Waals surface area contributed by atoms with E-state index in [1.165, 1.54) is 5.56 Å². The molecule has 4 rings (SSSR count). The van der Waals surface area contributed by atoms with Crippen LogP contribution in [0.5, 0.6) is 0 Å². The molecule has 0 radical (unpaired) electrons. The van der Waals surface area contributed by atoms with Gasteiger partial charge in [-0.05, 0) is 61.7 Å². The van der Waals surface area contributed by atoms with E-state index in [2.05, 4.69) is 16.4 Å². The molecule has 0 spiro atoms. The van der Waals surface area contributed by atoms with Gasteiger partial charge in [-0.3, -0.25) is 0 Å². The molecule has 1 aromatic heterocycles. The largest absolute Gasteiger partial charge is 0.345 e. The van der Waals surface area contributed by atoms with Crippen molar-refractivity contribution in [1.29, 1.82) is 0 Å². The molecular formula is C19H20N2O2S. The van der Waals surface area contributed by atoms with Gasteiger partial charge in [-0.1, -0.05) is 30.3 Å². The highest BCUT2D eigenvalue weighted by Crippen LogP contribution is 2.33. The minimum absolute atomic E-state index is 0.269. The van der Waals surface area contributed by atoms with Crippen molar-refractivity contribution in [2.24, 2.45) is 0 Å². The number of hydrogen-bond acceptors (Lipinski definition) is 3. The summed E-state index contributed by atoms with van der Waals surface area (Å²) in [5.41, 5.74) is 2.14. The van der Waals surface area contributed by atoms with E-state index in [0.717, 1.165) is 36.8 Å². The Bertz CT molecular complexity index is 955. The Morgan fingerprint density at radius 2 is 1.67 bits per heavy atom. The maximum Gasteiger partial charge on any atom is 0.221 e. The molecule has 5 heteroatoms. The topological polar surface area (TPSA) is 62.0 Å². The van der Waals surface area contributed by atoms with Gasteiger partial charge in [0.05, 0.1) is 4.90 Å². The van der Waals surface area contributed by atoms with Gasteiger partial charge in [0, 0.05) is 10.9 Å². The van der Waals surface area contributed by atoms with Crippen LogP contribution in [0, 0.1) is 0 Å². The predicted molar refractivity (Wildman–Crippen MR) is 95.0 cm³/mol. The number of nitrogens with one attached hydrogen (secondary N) is 2. The van der Waals surface area contributed by atoms with E-state index in [4.69, 9.17) is 0 Å². The number of H-pyrrole nitrogens is 1. The smallest absolute Gasteiger partial charge is 0.221 e. The fourth-order valence-electron chi connectivity index (χ4n) is 3.51. The first-order chi connectivity index (χ1) is 11.7. The van der Waals surface area contributed by atoms with Crippen LogP contribution < -0.4 is 5.32 Å². The molecule has 0 unspecified atom stereocenters. The van der Waals surface area contributed by atoms with E-state index < -0.39 is 9.84 Å². The molecule has 1 aliphatic rings. The molecule has 0 amide bonds. The second-order valence-electron chi connectivity index (χ2n) is 6.28. The van der Waals surface area contributed by atoms with Crippen LogP contribution in [0.4, 0.5) is 0 Å². The summed E-state index contributed by atoms with van der Waals surface area (Å²) in [4.78, 5) is 3.43.